The van der Waals surface area contributed by atoms with Crippen LogP contribution < -0.4 is 5.73 Å². The number of rotatable bonds is 2. The summed E-state index contributed by atoms with van der Waals surface area (Å²) in [4.78, 5) is 4.05. The first-order valence-electron chi connectivity index (χ1n) is 5.29. The van der Waals surface area contributed by atoms with Gasteiger partial charge in [0.05, 0.1) is 27.6 Å². The van der Waals surface area contributed by atoms with Crippen molar-refractivity contribution in [2.75, 3.05) is 5.73 Å². The highest BCUT2D eigenvalue weighted by atomic mass is 35.5. The van der Waals surface area contributed by atoms with Gasteiger partial charge in [0, 0.05) is 17.3 Å². The molecule has 2 rings (SSSR count). The number of nitriles is 1. The van der Waals surface area contributed by atoms with Crippen molar-refractivity contribution in [3.8, 4) is 17.2 Å². The van der Waals surface area contributed by atoms with E-state index in [2.05, 4.69) is 4.98 Å². The van der Waals surface area contributed by atoms with Gasteiger partial charge in [-0.3, -0.25) is 0 Å². The third kappa shape index (κ3) is 2.76. The van der Waals surface area contributed by atoms with Gasteiger partial charge >= 0.3 is 0 Å². The highest BCUT2D eigenvalue weighted by molar-refractivity contribution is 6.46. The van der Waals surface area contributed by atoms with Crippen LogP contribution >= 0.6 is 34.8 Å². The standard InChI is InChI=1S/C13H8Cl3N3/c14-9-1-2-10(15)12(16)11(9)8-5-7(3-4-17)6-19-13(8)18/h1-2,5-6H,3H2,(H2,18,19). The molecule has 0 aliphatic carbocycles. The van der Waals surface area contributed by atoms with Crippen LogP contribution in [-0.4, -0.2) is 4.98 Å². The molecule has 0 radical (unpaired) electrons. The molecule has 0 atom stereocenters. The Balaban J connectivity index is 2.68. The summed E-state index contributed by atoms with van der Waals surface area (Å²) >= 11 is 18.3. The van der Waals surface area contributed by atoms with Crippen LogP contribution in [0.3, 0.4) is 0 Å². The molecule has 1 aromatic heterocycles. The Kier molecular flexibility index (Phi) is 4.16. The van der Waals surface area contributed by atoms with E-state index in [0.29, 0.717) is 26.2 Å². The summed E-state index contributed by atoms with van der Waals surface area (Å²) in [6.07, 6.45) is 1.78. The molecule has 2 N–H and O–H groups in total. The average Bonchev–Trinajstić information content (AvgIpc) is 2.38. The molecule has 1 heterocycles. The van der Waals surface area contributed by atoms with Gasteiger partial charge in [-0.25, -0.2) is 4.98 Å². The van der Waals surface area contributed by atoms with E-state index >= 15 is 0 Å². The molecule has 19 heavy (non-hydrogen) atoms. The maximum absolute atomic E-state index is 8.72. The van der Waals surface area contributed by atoms with Crippen molar-refractivity contribution in [1.82, 2.24) is 4.98 Å². The summed E-state index contributed by atoms with van der Waals surface area (Å²) in [5.41, 5.74) is 7.69. The number of benzene rings is 1. The molecule has 0 aliphatic rings. The Hall–Kier alpha value is -1.47. The fourth-order valence-corrected chi connectivity index (χ4v) is 2.41. The first-order valence-corrected chi connectivity index (χ1v) is 6.43. The minimum atomic E-state index is 0.232. The smallest absolute Gasteiger partial charge is 0.131 e. The molecule has 0 fully saturated rings. The number of hydrogen-bond acceptors (Lipinski definition) is 3. The van der Waals surface area contributed by atoms with E-state index in [1.54, 1.807) is 24.4 Å². The molecular formula is C13H8Cl3N3. The highest BCUT2D eigenvalue weighted by Crippen LogP contribution is 2.41. The highest BCUT2D eigenvalue weighted by Gasteiger charge is 2.15. The number of pyridine rings is 1. The molecule has 6 heteroatoms. The molecule has 0 amide bonds. The quantitative estimate of drug-likeness (QED) is 0.838. The van der Waals surface area contributed by atoms with E-state index in [-0.39, 0.29) is 12.2 Å². The number of halogens is 3. The van der Waals surface area contributed by atoms with Crippen LogP contribution in [0.4, 0.5) is 5.82 Å². The Bertz CT molecular complexity index is 678. The number of aromatic nitrogens is 1. The van der Waals surface area contributed by atoms with Crippen LogP contribution in [0.1, 0.15) is 5.56 Å². The van der Waals surface area contributed by atoms with Crippen LogP contribution in [0.5, 0.6) is 0 Å². The molecule has 0 saturated carbocycles. The predicted octanol–water partition coefficient (Wildman–Crippen LogP) is 4.36. The molecule has 0 unspecified atom stereocenters. The van der Waals surface area contributed by atoms with Crippen LogP contribution in [-0.2, 0) is 6.42 Å². The maximum Gasteiger partial charge on any atom is 0.131 e. The van der Waals surface area contributed by atoms with E-state index in [1.807, 2.05) is 6.07 Å². The van der Waals surface area contributed by atoms with Crippen LogP contribution in [0, 0.1) is 11.3 Å². The van der Waals surface area contributed by atoms with Crippen LogP contribution in [0.2, 0.25) is 15.1 Å². The summed E-state index contributed by atoms with van der Waals surface area (Å²) in [5, 5.41) is 9.85. The lowest BCUT2D eigenvalue weighted by Crippen LogP contribution is -1.97. The van der Waals surface area contributed by atoms with Gasteiger partial charge in [-0.15, -0.1) is 0 Å². The first kappa shape index (κ1) is 14.0. The Labute approximate surface area is 125 Å². The predicted molar refractivity (Wildman–Crippen MR) is 78.4 cm³/mol. The Morgan fingerprint density at radius 1 is 1.21 bits per heavy atom. The van der Waals surface area contributed by atoms with Gasteiger partial charge in [0.25, 0.3) is 0 Å². The third-order valence-corrected chi connectivity index (χ3v) is 3.69. The van der Waals surface area contributed by atoms with Gasteiger partial charge in [0.2, 0.25) is 0 Å². The van der Waals surface area contributed by atoms with E-state index < -0.39 is 0 Å². The molecule has 0 aliphatic heterocycles. The summed E-state index contributed by atoms with van der Waals surface area (Å²) in [6, 6.07) is 7.04. The number of hydrogen-bond donors (Lipinski definition) is 1. The monoisotopic (exact) mass is 311 g/mol. The molecule has 3 nitrogen and oxygen atoms in total. The Morgan fingerprint density at radius 3 is 2.58 bits per heavy atom. The van der Waals surface area contributed by atoms with Crippen molar-refractivity contribution < 1.29 is 0 Å². The fourth-order valence-electron chi connectivity index (χ4n) is 1.68. The molecule has 0 spiro atoms. The van der Waals surface area contributed by atoms with Crippen LogP contribution in [0.15, 0.2) is 24.4 Å². The number of nitrogens with zero attached hydrogens (tertiary/aromatic N) is 2. The lowest BCUT2D eigenvalue weighted by atomic mass is 10.0. The van der Waals surface area contributed by atoms with Crippen molar-refractivity contribution in [2.24, 2.45) is 0 Å². The normalized spacial score (nSPS) is 10.2. The van der Waals surface area contributed by atoms with E-state index in [9.17, 15) is 0 Å². The third-order valence-electron chi connectivity index (χ3n) is 2.57. The summed E-state index contributed by atoms with van der Waals surface area (Å²) in [5.74, 6) is 0.285. The molecule has 0 bridgehead atoms. The largest absolute Gasteiger partial charge is 0.383 e. The minimum absolute atomic E-state index is 0.232. The second kappa shape index (κ2) is 5.66. The van der Waals surface area contributed by atoms with Gasteiger partial charge < -0.3 is 5.73 Å². The van der Waals surface area contributed by atoms with Gasteiger partial charge in [-0.05, 0) is 23.8 Å². The van der Waals surface area contributed by atoms with E-state index in [0.717, 1.165) is 5.56 Å². The summed E-state index contributed by atoms with van der Waals surface area (Å²) < 4.78 is 0. The van der Waals surface area contributed by atoms with E-state index in [1.165, 1.54) is 0 Å². The molecule has 2 aromatic rings. The van der Waals surface area contributed by atoms with Gasteiger partial charge in [0.1, 0.15) is 5.82 Å². The molecule has 1 aromatic carbocycles. The Morgan fingerprint density at radius 2 is 1.89 bits per heavy atom. The van der Waals surface area contributed by atoms with Crippen molar-refractivity contribution in [3.05, 3.63) is 45.0 Å². The topological polar surface area (TPSA) is 62.7 Å². The van der Waals surface area contributed by atoms with Crippen LogP contribution in [0.25, 0.3) is 11.1 Å². The second-order valence-corrected chi connectivity index (χ2v) is 5.02. The number of nitrogen functional groups attached to an aromatic ring is 1. The van der Waals surface area contributed by atoms with Gasteiger partial charge in [-0.2, -0.15) is 5.26 Å². The fraction of sp³-hybridized carbons (Fsp3) is 0.0769. The maximum atomic E-state index is 8.72. The van der Waals surface area contributed by atoms with Crippen molar-refractivity contribution in [1.29, 1.82) is 5.26 Å². The van der Waals surface area contributed by atoms with E-state index in [4.69, 9.17) is 45.8 Å². The number of nitrogens with two attached hydrogens (primary N) is 1. The van der Waals surface area contributed by atoms with Gasteiger partial charge in [-0.1, -0.05) is 34.8 Å². The zero-order chi connectivity index (χ0) is 14.0. The minimum Gasteiger partial charge on any atom is -0.383 e. The SMILES string of the molecule is N#CCc1cnc(N)c(-c2c(Cl)ccc(Cl)c2Cl)c1. The summed E-state index contributed by atoms with van der Waals surface area (Å²) in [6.45, 7) is 0. The van der Waals surface area contributed by atoms with Crippen molar-refractivity contribution in [2.45, 2.75) is 6.42 Å². The zero-order valence-corrected chi connectivity index (χ0v) is 11.9. The lowest BCUT2D eigenvalue weighted by molar-refractivity contribution is 1.20. The second-order valence-electron chi connectivity index (χ2n) is 3.83. The average molecular weight is 313 g/mol. The summed E-state index contributed by atoms with van der Waals surface area (Å²) in [7, 11) is 0. The lowest BCUT2D eigenvalue weighted by Gasteiger charge is -2.11. The first-order chi connectivity index (χ1) is 9.04. The van der Waals surface area contributed by atoms with Gasteiger partial charge in [0.15, 0.2) is 0 Å². The zero-order valence-electron chi connectivity index (χ0n) is 9.62. The van der Waals surface area contributed by atoms with Crippen molar-refractivity contribution in [3.63, 3.8) is 0 Å². The number of anilines is 1. The molecule has 96 valence electrons. The molecule has 0 saturated heterocycles. The molecular weight excluding hydrogens is 305 g/mol. The van der Waals surface area contributed by atoms with Crippen molar-refractivity contribution >= 4 is 40.6 Å².